The number of fused-ring (bicyclic) bond motifs is 1. The lowest BCUT2D eigenvalue weighted by molar-refractivity contribution is -0.130. The second-order valence-corrected chi connectivity index (χ2v) is 8.00. The molecule has 0 aromatic heterocycles. The van der Waals surface area contributed by atoms with E-state index in [-0.39, 0.29) is 29.1 Å². The Kier molecular flexibility index (Phi) is 4.35. The number of nitriles is 1. The van der Waals surface area contributed by atoms with Crippen LogP contribution in [-0.2, 0) is 4.79 Å². The van der Waals surface area contributed by atoms with E-state index in [9.17, 15) is 10.1 Å². The summed E-state index contributed by atoms with van der Waals surface area (Å²) in [6.07, 6.45) is 1.43. The number of thiocarbonyl (C=S) groups is 1. The lowest BCUT2D eigenvalue weighted by Gasteiger charge is -2.48. The average Bonchev–Trinajstić information content (AvgIpc) is 2.52. The lowest BCUT2D eigenvalue weighted by Crippen LogP contribution is -2.58. The number of carbonyl (C=O) groups excluding carboxylic acids is 1. The van der Waals surface area contributed by atoms with Crippen molar-refractivity contribution in [1.82, 2.24) is 5.32 Å². The molecule has 1 aromatic carbocycles. The highest BCUT2D eigenvalue weighted by Gasteiger charge is 2.51. The Morgan fingerprint density at radius 3 is 2.54 bits per heavy atom. The van der Waals surface area contributed by atoms with Crippen LogP contribution in [0.1, 0.15) is 38.2 Å². The molecule has 126 valence electrons. The molecule has 24 heavy (non-hydrogen) atoms. The van der Waals surface area contributed by atoms with E-state index in [1.807, 2.05) is 24.3 Å². The van der Waals surface area contributed by atoms with Crippen LogP contribution >= 0.6 is 12.2 Å². The Labute approximate surface area is 148 Å². The number of hydrogen-bond acceptors (Lipinski definition) is 4. The molecule has 4 atom stereocenters. The van der Waals surface area contributed by atoms with E-state index in [0.717, 1.165) is 17.7 Å². The molecular weight excluding hydrogens is 320 g/mol. The third kappa shape index (κ3) is 2.91. The van der Waals surface area contributed by atoms with Crippen LogP contribution in [0.25, 0.3) is 0 Å². The summed E-state index contributed by atoms with van der Waals surface area (Å²) >= 11 is 5.46. The van der Waals surface area contributed by atoms with Crippen LogP contribution in [0.15, 0.2) is 24.3 Å². The number of piperidine rings is 1. The van der Waals surface area contributed by atoms with Crippen LogP contribution in [0.5, 0.6) is 5.75 Å². The summed E-state index contributed by atoms with van der Waals surface area (Å²) in [7, 11) is 1.62. The van der Waals surface area contributed by atoms with Gasteiger partial charge in [-0.15, -0.1) is 0 Å². The van der Waals surface area contributed by atoms with Gasteiger partial charge in [0, 0.05) is 24.3 Å². The number of hydrogen-bond donors (Lipinski definition) is 1. The van der Waals surface area contributed by atoms with Crippen molar-refractivity contribution in [2.75, 3.05) is 7.11 Å². The maximum atomic E-state index is 12.9. The van der Waals surface area contributed by atoms with Gasteiger partial charge in [0.05, 0.1) is 18.2 Å². The van der Waals surface area contributed by atoms with Crippen LogP contribution in [0.3, 0.4) is 0 Å². The Bertz CT molecular complexity index is 705. The van der Waals surface area contributed by atoms with Gasteiger partial charge in [-0.25, -0.2) is 0 Å². The molecule has 1 saturated heterocycles. The number of nitrogens with one attached hydrogen (secondary N) is 1. The van der Waals surface area contributed by atoms with Crippen LogP contribution in [-0.4, -0.2) is 23.9 Å². The van der Waals surface area contributed by atoms with Gasteiger partial charge < -0.3 is 10.1 Å². The van der Waals surface area contributed by atoms with Crippen molar-refractivity contribution in [3.63, 3.8) is 0 Å². The highest BCUT2D eigenvalue weighted by atomic mass is 32.1. The van der Waals surface area contributed by atoms with E-state index in [1.165, 1.54) is 0 Å². The lowest BCUT2D eigenvalue weighted by atomic mass is 9.60. The minimum absolute atomic E-state index is 0.00505. The zero-order valence-corrected chi connectivity index (χ0v) is 15.0. The zero-order valence-electron chi connectivity index (χ0n) is 14.2. The highest BCUT2D eigenvalue weighted by Crippen LogP contribution is 2.47. The van der Waals surface area contributed by atoms with E-state index < -0.39 is 5.92 Å². The number of Topliss-reactive ketones (excluding diaryl/α,β-unsaturated/α-hetero) is 1. The van der Waals surface area contributed by atoms with Crippen molar-refractivity contribution in [3.05, 3.63) is 29.8 Å². The Morgan fingerprint density at radius 1 is 1.29 bits per heavy atom. The van der Waals surface area contributed by atoms with E-state index in [2.05, 4.69) is 25.2 Å². The van der Waals surface area contributed by atoms with Gasteiger partial charge in [0.25, 0.3) is 0 Å². The van der Waals surface area contributed by atoms with E-state index in [0.29, 0.717) is 11.4 Å². The number of ketones is 1. The summed E-state index contributed by atoms with van der Waals surface area (Å²) < 4.78 is 5.22. The first kappa shape index (κ1) is 16.9. The largest absolute Gasteiger partial charge is 0.497 e. The highest BCUT2D eigenvalue weighted by molar-refractivity contribution is 7.80. The van der Waals surface area contributed by atoms with E-state index in [1.54, 1.807) is 7.11 Å². The summed E-state index contributed by atoms with van der Waals surface area (Å²) in [6.45, 7) is 4.23. The minimum Gasteiger partial charge on any atom is -0.497 e. The minimum atomic E-state index is -0.472. The molecular formula is C19H22N2O2S. The van der Waals surface area contributed by atoms with Crippen LogP contribution in [0.4, 0.5) is 0 Å². The fourth-order valence-electron chi connectivity index (χ4n) is 4.21. The number of carbonyl (C=O) groups is 1. The molecule has 1 N–H and O–H groups in total. The maximum Gasteiger partial charge on any atom is 0.139 e. The van der Waals surface area contributed by atoms with Gasteiger partial charge in [0.15, 0.2) is 0 Å². The molecule has 1 aliphatic carbocycles. The second-order valence-electron chi connectivity index (χ2n) is 7.56. The predicted octanol–water partition coefficient (Wildman–Crippen LogP) is 3.22. The monoisotopic (exact) mass is 342 g/mol. The molecule has 1 aliphatic heterocycles. The third-order valence-electron chi connectivity index (χ3n) is 5.23. The number of rotatable bonds is 2. The number of benzene rings is 1. The second kappa shape index (κ2) is 6.18. The molecule has 0 radical (unpaired) electrons. The van der Waals surface area contributed by atoms with Gasteiger partial charge in [0.1, 0.15) is 17.5 Å². The molecule has 4 nitrogen and oxygen atoms in total. The molecule has 1 aromatic rings. The molecule has 1 saturated carbocycles. The summed E-state index contributed by atoms with van der Waals surface area (Å²) in [5.74, 6) is 0.120. The Hall–Kier alpha value is -1.93. The van der Waals surface area contributed by atoms with Crippen molar-refractivity contribution < 1.29 is 9.53 Å². The van der Waals surface area contributed by atoms with Crippen LogP contribution in [0.2, 0.25) is 0 Å². The quantitative estimate of drug-likeness (QED) is 0.836. The van der Waals surface area contributed by atoms with Gasteiger partial charge in [-0.1, -0.05) is 38.2 Å². The number of methoxy groups -OCH3 is 1. The predicted molar refractivity (Wildman–Crippen MR) is 95.9 cm³/mol. The average molecular weight is 342 g/mol. The summed E-state index contributed by atoms with van der Waals surface area (Å²) in [4.78, 5) is 13.5. The first-order valence-corrected chi connectivity index (χ1v) is 8.64. The van der Waals surface area contributed by atoms with Gasteiger partial charge in [0.2, 0.25) is 0 Å². The molecule has 2 fully saturated rings. The molecule has 0 amide bonds. The fourth-order valence-corrected chi connectivity index (χ4v) is 4.56. The summed E-state index contributed by atoms with van der Waals surface area (Å²) in [6, 6.07) is 9.98. The molecule has 3 rings (SSSR count). The van der Waals surface area contributed by atoms with E-state index in [4.69, 9.17) is 17.0 Å². The Morgan fingerprint density at radius 2 is 1.96 bits per heavy atom. The van der Waals surface area contributed by atoms with Crippen LogP contribution < -0.4 is 10.1 Å². The topological polar surface area (TPSA) is 62.1 Å². The maximum absolute atomic E-state index is 12.9. The summed E-state index contributed by atoms with van der Waals surface area (Å²) in [5, 5.41) is 13.0. The molecule has 0 spiro atoms. The van der Waals surface area contributed by atoms with E-state index >= 15 is 0 Å². The van der Waals surface area contributed by atoms with Gasteiger partial charge in [-0.3, -0.25) is 4.79 Å². The fraction of sp³-hybridized carbons (Fsp3) is 0.526. The Balaban J connectivity index is 2.03. The normalized spacial score (nSPS) is 31.6. The van der Waals surface area contributed by atoms with Crippen molar-refractivity contribution >= 4 is 23.0 Å². The van der Waals surface area contributed by atoms with Crippen molar-refractivity contribution in [2.45, 2.75) is 38.6 Å². The SMILES string of the molecule is COc1ccc(C2C(C#N)C(=S)NC3CC(C)(C)CC(=O)C32)cc1. The van der Waals surface area contributed by atoms with Crippen molar-refractivity contribution in [1.29, 1.82) is 5.26 Å². The molecule has 1 heterocycles. The molecule has 2 aliphatic rings. The first-order chi connectivity index (χ1) is 11.4. The number of nitrogens with zero attached hydrogens (tertiary/aromatic N) is 1. The molecule has 5 heteroatoms. The van der Waals surface area contributed by atoms with Gasteiger partial charge in [-0.2, -0.15) is 5.26 Å². The van der Waals surface area contributed by atoms with Gasteiger partial charge in [-0.05, 0) is 29.5 Å². The number of ether oxygens (including phenoxy) is 1. The van der Waals surface area contributed by atoms with Crippen molar-refractivity contribution in [2.24, 2.45) is 17.3 Å². The molecule has 4 unspecified atom stereocenters. The standard InChI is InChI=1S/C19H22N2O2S/c1-19(2)8-14-17(15(22)9-19)16(13(10-20)18(24)21-14)11-4-6-12(23-3)7-5-11/h4-7,13-14,16-17H,8-9H2,1-3H3,(H,21,24). The van der Waals surface area contributed by atoms with Gasteiger partial charge >= 0.3 is 0 Å². The smallest absolute Gasteiger partial charge is 0.139 e. The molecule has 0 bridgehead atoms. The summed E-state index contributed by atoms with van der Waals surface area (Å²) in [5.41, 5.74) is 0.944. The first-order valence-electron chi connectivity index (χ1n) is 8.23. The zero-order chi connectivity index (χ0) is 17.5. The van der Waals surface area contributed by atoms with Crippen LogP contribution in [0, 0.1) is 28.6 Å². The van der Waals surface area contributed by atoms with Crippen molar-refractivity contribution in [3.8, 4) is 11.8 Å². The third-order valence-corrected chi connectivity index (χ3v) is 5.60.